The molecule has 3 N–H and O–H groups in total. The molecule has 1 atom stereocenters. The van der Waals surface area contributed by atoms with Crippen LogP contribution in [0, 0.1) is 5.92 Å². The van der Waals surface area contributed by atoms with E-state index in [1.807, 2.05) is 4.90 Å². The Bertz CT molecular complexity index is 1570. The van der Waals surface area contributed by atoms with Crippen LogP contribution in [0.1, 0.15) is 30.0 Å². The molecular weight excluding hydrogens is 533 g/mol. The average Bonchev–Trinajstić information content (AvgIpc) is 3.28. The highest BCUT2D eigenvalue weighted by molar-refractivity contribution is 7.91. The molecule has 0 spiro atoms. The van der Waals surface area contributed by atoms with Crippen LogP contribution in [-0.2, 0) is 29.1 Å². The number of rotatable bonds is 7. The highest BCUT2D eigenvalue weighted by Crippen LogP contribution is 2.35. The summed E-state index contributed by atoms with van der Waals surface area (Å²) in [5.74, 6) is -0.0273. The fourth-order valence-electron chi connectivity index (χ4n) is 4.67. The van der Waals surface area contributed by atoms with Gasteiger partial charge in [0.1, 0.15) is 0 Å². The largest absolute Gasteiger partial charge is 0.416 e. The van der Waals surface area contributed by atoms with Crippen molar-refractivity contribution in [2.45, 2.75) is 37.5 Å². The molecule has 1 aliphatic rings. The Balaban J connectivity index is 1.83. The molecule has 2 heterocycles. The zero-order chi connectivity index (χ0) is 27.1. The Labute approximate surface area is 215 Å². The highest BCUT2D eigenvalue weighted by Gasteiger charge is 2.35. The fourth-order valence-corrected chi connectivity index (χ4v) is 5.98. The first-order valence-corrected chi connectivity index (χ1v) is 13.7. The number of aromatic amines is 1. The quantitative estimate of drug-likeness (QED) is 0.460. The summed E-state index contributed by atoms with van der Waals surface area (Å²) in [6.07, 6.45) is -3.95. The number of hydrogen-bond acceptors (Lipinski definition) is 6. The van der Waals surface area contributed by atoms with Crippen molar-refractivity contribution in [2.75, 3.05) is 25.4 Å². The molecule has 200 valence electrons. The van der Waals surface area contributed by atoms with Gasteiger partial charge in [0.2, 0.25) is 0 Å². The number of fused-ring (bicyclic) bond motifs is 1. The van der Waals surface area contributed by atoms with E-state index in [0.717, 1.165) is 12.5 Å². The molecule has 0 aliphatic carbocycles. The summed E-state index contributed by atoms with van der Waals surface area (Å²) in [5.41, 5.74) is 2.86. The summed E-state index contributed by atoms with van der Waals surface area (Å²) >= 11 is 6.02. The smallest absolute Gasteiger partial charge is 0.330 e. The van der Waals surface area contributed by atoms with Gasteiger partial charge in [0.05, 0.1) is 33.7 Å². The van der Waals surface area contributed by atoms with E-state index in [0.29, 0.717) is 24.2 Å². The van der Waals surface area contributed by atoms with E-state index in [4.69, 9.17) is 17.3 Å². The third-order valence-corrected chi connectivity index (χ3v) is 8.74. The minimum Gasteiger partial charge on any atom is -0.330 e. The van der Waals surface area contributed by atoms with Crippen molar-refractivity contribution in [3.63, 3.8) is 0 Å². The van der Waals surface area contributed by atoms with Crippen molar-refractivity contribution >= 4 is 32.3 Å². The third-order valence-electron chi connectivity index (χ3n) is 6.67. The number of nitrogens with two attached hydrogens (primary N) is 1. The Morgan fingerprint density at radius 1 is 1.14 bits per heavy atom. The van der Waals surface area contributed by atoms with E-state index in [1.165, 1.54) is 31.2 Å². The van der Waals surface area contributed by atoms with Crippen LogP contribution >= 0.6 is 11.6 Å². The molecule has 1 saturated heterocycles. The van der Waals surface area contributed by atoms with Crippen molar-refractivity contribution in [3.05, 3.63) is 72.9 Å². The minimum absolute atomic E-state index is 0.00680. The van der Waals surface area contributed by atoms with Gasteiger partial charge in [0.15, 0.2) is 9.84 Å². The van der Waals surface area contributed by atoms with Crippen LogP contribution in [0.5, 0.6) is 0 Å². The summed E-state index contributed by atoms with van der Waals surface area (Å²) in [7, 11) is -3.73. The predicted octanol–water partition coefficient (Wildman–Crippen LogP) is 2.98. The topological polar surface area (TPSA) is 118 Å². The van der Waals surface area contributed by atoms with Crippen LogP contribution in [0.25, 0.3) is 10.9 Å². The summed E-state index contributed by atoms with van der Waals surface area (Å²) < 4.78 is 67.8. The third kappa shape index (κ3) is 5.62. The first-order chi connectivity index (χ1) is 17.3. The molecule has 0 bridgehead atoms. The van der Waals surface area contributed by atoms with Gasteiger partial charge in [-0.15, -0.1) is 0 Å². The fraction of sp³-hybridized carbons (Fsp3) is 0.417. The summed E-state index contributed by atoms with van der Waals surface area (Å²) in [6, 6.07) is 5.90. The van der Waals surface area contributed by atoms with Crippen molar-refractivity contribution in [1.29, 1.82) is 0 Å². The van der Waals surface area contributed by atoms with Gasteiger partial charge in [-0.05, 0) is 66.9 Å². The number of nitrogens with one attached hydrogen (secondary N) is 1. The van der Waals surface area contributed by atoms with Crippen LogP contribution in [-0.4, -0.2) is 48.3 Å². The maximum Gasteiger partial charge on any atom is 0.416 e. The Hall–Kier alpha value is -2.67. The Morgan fingerprint density at radius 2 is 1.86 bits per heavy atom. The lowest BCUT2D eigenvalue weighted by Gasteiger charge is -2.20. The van der Waals surface area contributed by atoms with E-state index in [9.17, 15) is 31.2 Å². The zero-order valence-electron chi connectivity index (χ0n) is 19.9. The molecule has 0 radical (unpaired) electrons. The number of H-pyrrole nitrogens is 1. The van der Waals surface area contributed by atoms with Gasteiger partial charge in [-0.1, -0.05) is 18.5 Å². The minimum atomic E-state index is -4.74. The van der Waals surface area contributed by atoms with Crippen LogP contribution in [0.2, 0.25) is 5.02 Å². The maximum absolute atomic E-state index is 14.0. The lowest BCUT2D eigenvalue weighted by atomic mass is 10.0. The molecule has 2 aromatic carbocycles. The normalized spacial score (nSPS) is 17.1. The first kappa shape index (κ1) is 27.4. The standard InChI is InChI=1S/C24H26ClF3N4O4S/c1-2-37(35,36)21-4-3-17(25)7-16(21)13-32-22(33)18-9-19(24(26,27)28)15(8-20(18)30-23(32)34)12-31-6-5-14(10-29)11-31/h3-4,7-9,14H,2,5-6,10-13,29H2,1H3,(H,30,34). The van der Waals surface area contributed by atoms with Gasteiger partial charge in [0, 0.05) is 18.1 Å². The second-order valence-corrected chi connectivity index (χ2v) is 11.8. The molecule has 0 amide bonds. The summed E-state index contributed by atoms with van der Waals surface area (Å²) in [6.45, 7) is 2.55. The van der Waals surface area contributed by atoms with E-state index in [-0.39, 0.29) is 50.2 Å². The molecule has 4 rings (SSSR count). The second-order valence-electron chi connectivity index (χ2n) is 9.16. The van der Waals surface area contributed by atoms with Gasteiger partial charge in [-0.25, -0.2) is 13.2 Å². The number of alkyl halides is 3. The molecule has 1 fully saturated rings. The highest BCUT2D eigenvalue weighted by atomic mass is 35.5. The van der Waals surface area contributed by atoms with E-state index in [2.05, 4.69) is 4.98 Å². The molecule has 3 aromatic rings. The first-order valence-electron chi connectivity index (χ1n) is 11.6. The maximum atomic E-state index is 14.0. The lowest BCUT2D eigenvalue weighted by Crippen LogP contribution is -2.36. The number of benzene rings is 2. The van der Waals surface area contributed by atoms with Gasteiger partial charge in [-0.2, -0.15) is 13.2 Å². The van der Waals surface area contributed by atoms with Crippen molar-refractivity contribution in [2.24, 2.45) is 11.7 Å². The lowest BCUT2D eigenvalue weighted by molar-refractivity contribution is -0.138. The zero-order valence-corrected chi connectivity index (χ0v) is 21.5. The summed E-state index contributed by atoms with van der Waals surface area (Å²) in [4.78, 5) is 30.4. The number of halogens is 4. The molecule has 1 aromatic heterocycles. The van der Waals surface area contributed by atoms with E-state index >= 15 is 0 Å². The number of sulfone groups is 1. The van der Waals surface area contributed by atoms with Crippen LogP contribution in [0.4, 0.5) is 13.2 Å². The van der Waals surface area contributed by atoms with Gasteiger partial charge in [-0.3, -0.25) is 14.3 Å². The molecule has 0 saturated carbocycles. The van der Waals surface area contributed by atoms with E-state index in [1.54, 1.807) is 0 Å². The predicted molar refractivity (Wildman–Crippen MR) is 135 cm³/mol. The van der Waals surface area contributed by atoms with E-state index < -0.39 is 39.4 Å². The number of likely N-dealkylation sites (tertiary alicyclic amines) is 1. The summed E-state index contributed by atoms with van der Waals surface area (Å²) in [5, 5.41) is -0.156. The average molecular weight is 559 g/mol. The number of nitrogens with zero attached hydrogens (tertiary/aromatic N) is 2. The Morgan fingerprint density at radius 3 is 2.49 bits per heavy atom. The van der Waals surface area contributed by atoms with Gasteiger partial charge in [0.25, 0.3) is 5.56 Å². The molecular formula is C24H26ClF3N4O4S. The van der Waals surface area contributed by atoms with Crippen LogP contribution in [0.15, 0.2) is 44.8 Å². The molecule has 37 heavy (non-hydrogen) atoms. The van der Waals surface area contributed by atoms with Gasteiger partial charge >= 0.3 is 11.9 Å². The molecule has 1 unspecified atom stereocenters. The SMILES string of the molecule is CCS(=O)(=O)c1ccc(Cl)cc1Cn1c(=O)[nH]c2cc(CN3CCC(CN)C3)c(C(F)(F)F)cc2c1=O. The second kappa shape index (κ2) is 10.2. The van der Waals surface area contributed by atoms with Crippen molar-refractivity contribution in [3.8, 4) is 0 Å². The monoisotopic (exact) mass is 558 g/mol. The molecule has 8 nitrogen and oxygen atoms in total. The van der Waals surface area contributed by atoms with Crippen molar-refractivity contribution < 1.29 is 21.6 Å². The Kier molecular flexibility index (Phi) is 7.57. The van der Waals surface area contributed by atoms with Crippen LogP contribution < -0.4 is 17.0 Å². The van der Waals surface area contributed by atoms with Crippen LogP contribution in [0.3, 0.4) is 0 Å². The molecule has 1 aliphatic heterocycles. The number of hydrogen-bond donors (Lipinski definition) is 2. The number of aromatic nitrogens is 2. The van der Waals surface area contributed by atoms with Gasteiger partial charge < -0.3 is 10.7 Å². The molecule has 13 heteroatoms. The van der Waals surface area contributed by atoms with Crippen molar-refractivity contribution in [1.82, 2.24) is 14.5 Å².